The molecular weight excluding hydrogens is 278 g/mol. The van der Waals surface area contributed by atoms with Gasteiger partial charge in [0.05, 0.1) is 23.9 Å². The van der Waals surface area contributed by atoms with Crippen LogP contribution in [-0.4, -0.2) is 33.4 Å². The summed E-state index contributed by atoms with van der Waals surface area (Å²) >= 11 is 5.57. The smallest absolute Gasteiger partial charge is 0.142 e. The maximum Gasteiger partial charge on any atom is 0.142 e. The Hall–Kier alpha value is -1.72. The summed E-state index contributed by atoms with van der Waals surface area (Å²) in [6.07, 6.45) is 3.10. The van der Waals surface area contributed by atoms with Crippen LogP contribution in [0.25, 0.3) is 0 Å². The lowest BCUT2D eigenvalue weighted by Gasteiger charge is -2.14. The predicted molar refractivity (Wildman–Crippen MR) is 79.2 cm³/mol. The molecule has 1 aromatic carbocycles. The lowest BCUT2D eigenvalue weighted by atomic mass is 10.2. The molecule has 5 nitrogen and oxygen atoms in total. The second-order valence-corrected chi connectivity index (χ2v) is 4.80. The van der Waals surface area contributed by atoms with Crippen molar-refractivity contribution in [3.05, 3.63) is 42.2 Å². The standard InChI is InChI=1S/C14H18ClN3O2/c1-18-9-11(7-17-18)10-20-14-5-3-2-4-13(14)16-8-12(19)6-15/h2-5,7,9,12,16,19H,6,8,10H2,1H3. The number of benzene rings is 1. The molecular formula is C14H18ClN3O2. The molecule has 0 saturated heterocycles. The van der Waals surface area contributed by atoms with Gasteiger partial charge >= 0.3 is 0 Å². The third-order valence-corrected chi connectivity index (χ3v) is 3.10. The average Bonchev–Trinajstić information content (AvgIpc) is 2.89. The van der Waals surface area contributed by atoms with Crippen molar-refractivity contribution in [3.8, 4) is 5.75 Å². The Labute approximate surface area is 123 Å². The highest BCUT2D eigenvalue weighted by Crippen LogP contribution is 2.24. The van der Waals surface area contributed by atoms with Gasteiger partial charge in [0.15, 0.2) is 0 Å². The van der Waals surface area contributed by atoms with Crippen LogP contribution in [0.3, 0.4) is 0 Å². The number of aliphatic hydroxyl groups excluding tert-OH is 1. The number of aromatic nitrogens is 2. The molecule has 1 aromatic heterocycles. The van der Waals surface area contributed by atoms with Crippen molar-refractivity contribution in [2.75, 3.05) is 17.7 Å². The molecule has 0 spiro atoms. The van der Waals surface area contributed by atoms with Gasteiger partial charge in [-0.2, -0.15) is 5.10 Å². The molecule has 1 unspecified atom stereocenters. The molecule has 0 fully saturated rings. The van der Waals surface area contributed by atoms with E-state index in [0.29, 0.717) is 13.2 Å². The van der Waals surface area contributed by atoms with E-state index >= 15 is 0 Å². The molecule has 0 saturated carbocycles. The van der Waals surface area contributed by atoms with Crippen LogP contribution in [-0.2, 0) is 13.7 Å². The predicted octanol–water partition coefficient (Wildman–Crippen LogP) is 2.01. The minimum atomic E-state index is -0.581. The van der Waals surface area contributed by atoms with Crippen molar-refractivity contribution in [2.24, 2.45) is 7.05 Å². The van der Waals surface area contributed by atoms with E-state index in [-0.39, 0.29) is 5.88 Å². The van der Waals surface area contributed by atoms with E-state index in [1.54, 1.807) is 10.9 Å². The third-order valence-electron chi connectivity index (χ3n) is 2.75. The summed E-state index contributed by atoms with van der Waals surface area (Å²) < 4.78 is 7.51. The Balaban J connectivity index is 1.96. The fourth-order valence-electron chi connectivity index (χ4n) is 1.73. The molecule has 0 amide bonds. The fourth-order valence-corrected chi connectivity index (χ4v) is 1.84. The van der Waals surface area contributed by atoms with Gasteiger partial charge in [-0.25, -0.2) is 0 Å². The molecule has 0 aliphatic rings. The Kier molecular flexibility index (Phi) is 5.26. The number of nitrogens with one attached hydrogen (secondary N) is 1. The molecule has 2 rings (SSSR count). The summed E-state index contributed by atoms with van der Waals surface area (Å²) in [6.45, 7) is 0.835. The number of aliphatic hydroxyl groups is 1. The molecule has 0 aliphatic carbocycles. The van der Waals surface area contributed by atoms with Gasteiger partial charge in [0.1, 0.15) is 12.4 Å². The Morgan fingerprint density at radius 3 is 2.95 bits per heavy atom. The highest BCUT2D eigenvalue weighted by Gasteiger charge is 2.06. The first-order valence-corrected chi connectivity index (χ1v) is 6.89. The molecule has 20 heavy (non-hydrogen) atoms. The van der Waals surface area contributed by atoms with Crippen molar-refractivity contribution in [1.29, 1.82) is 0 Å². The number of para-hydroxylation sites is 2. The van der Waals surface area contributed by atoms with Crippen LogP contribution in [0.1, 0.15) is 5.56 Å². The van der Waals surface area contributed by atoms with Crippen LogP contribution in [0.15, 0.2) is 36.7 Å². The van der Waals surface area contributed by atoms with E-state index in [0.717, 1.165) is 17.0 Å². The lowest BCUT2D eigenvalue weighted by molar-refractivity contribution is 0.211. The number of anilines is 1. The van der Waals surface area contributed by atoms with E-state index in [2.05, 4.69) is 10.4 Å². The molecule has 0 aliphatic heterocycles. The number of hydrogen-bond donors (Lipinski definition) is 2. The number of alkyl halides is 1. The minimum absolute atomic E-state index is 0.200. The van der Waals surface area contributed by atoms with E-state index in [1.807, 2.05) is 37.5 Å². The van der Waals surface area contributed by atoms with Crippen molar-refractivity contribution in [1.82, 2.24) is 9.78 Å². The van der Waals surface area contributed by atoms with E-state index in [9.17, 15) is 5.11 Å². The summed E-state index contributed by atoms with van der Waals surface area (Å²) in [6, 6.07) is 7.60. The second-order valence-electron chi connectivity index (χ2n) is 4.50. The first kappa shape index (κ1) is 14.7. The topological polar surface area (TPSA) is 59.3 Å². The minimum Gasteiger partial charge on any atom is -0.487 e. The van der Waals surface area contributed by atoms with E-state index in [4.69, 9.17) is 16.3 Å². The normalized spacial score (nSPS) is 12.2. The van der Waals surface area contributed by atoms with Gasteiger partial charge in [-0.15, -0.1) is 11.6 Å². The number of rotatable bonds is 7. The SMILES string of the molecule is Cn1cc(COc2ccccc2NCC(O)CCl)cn1. The second kappa shape index (κ2) is 7.17. The van der Waals surface area contributed by atoms with Gasteiger partial charge < -0.3 is 15.2 Å². The van der Waals surface area contributed by atoms with Crippen LogP contribution in [0.4, 0.5) is 5.69 Å². The van der Waals surface area contributed by atoms with Gasteiger partial charge in [0.2, 0.25) is 0 Å². The van der Waals surface area contributed by atoms with E-state index < -0.39 is 6.10 Å². The van der Waals surface area contributed by atoms with Crippen LogP contribution >= 0.6 is 11.6 Å². The maximum atomic E-state index is 9.47. The third kappa shape index (κ3) is 4.15. The number of ether oxygens (including phenoxy) is 1. The summed E-state index contributed by atoms with van der Waals surface area (Å²) in [5, 5.41) is 16.7. The lowest BCUT2D eigenvalue weighted by Crippen LogP contribution is -2.21. The van der Waals surface area contributed by atoms with Crippen LogP contribution in [0.2, 0.25) is 0 Å². The van der Waals surface area contributed by atoms with Gasteiger partial charge in [-0.05, 0) is 12.1 Å². The molecule has 6 heteroatoms. The quantitative estimate of drug-likeness (QED) is 0.767. The molecule has 1 heterocycles. The summed E-state index contributed by atoms with van der Waals surface area (Å²) in [5.74, 6) is 0.934. The maximum absolute atomic E-state index is 9.47. The van der Waals surface area contributed by atoms with Gasteiger partial charge in [0, 0.05) is 25.4 Å². The average molecular weight is 296 g/mol. The monoisotopic (exact) mass is 295 g/mol. The zero-order chi connectivity index (χ0) is 14.4. The van der Waals surface area contributed by atoms with Crippen molar-refractivity contribution in [3.63, 3.8) is 0 Å². The van der Waals surface area contributed by atoms with Crippen molar-refractivity contribution >= 4 is 17.3 Å². The molecule has 1 atom stereocenters. The number of nitrogens with zero attached hydrogens (tertiary/aromatic N) is 2. The van der Waals surface area contributed by atoms with Crippen LogP contribution < -0.4 is 10.1 Å². The highest BCUT2D eigenvalue weighted by molar-refractivity contribution is 6.18. The Morgan fingerprint density at radius 2 is 2.25 bits per heavy atom. The van der Waals surface area contributed by atoms with Gasteiger partial charge in [-0.3, -0.25) is 4.68 Å². The first-order chi connectivity index (χ1) is 9.69. The largest absolute Gasteiger partial charge is 0.487 e. The Morgan fingerprint density at radius 1 is 1.45 bits per heavy atom. The van der Waals surface area contributed by atoms with Gasteiger partial charge in [-0.1, -0.05) is 12.1 Å². The van der Waals surface area contributed by atoms with E-state index in [1.165, 1.54) is 0 Å². The summed E-state index contributed by atoms with van der Waals surface area (Å²) in [4.78, 5) is 0. The molecule has 0 radical (unpaired) electrons. The van der Waals surface area contributed by atoms with Crippen LogP contribution in [0, 0.1) is 0 Å². The summed E-state index contributed by atoms with van der Waals surface area (Å²) in [7, 11) is 1.87. The number of hydrogen-bond acceptors (Lipinski definition) is 4. The Bertz CT molecular complexity index is 545. The van der Waals surface area contributed by atoms with Crippen molar-refractivity contribution < 1.29 is 9.84 Å². The molecule has 2 N–H and O–H groups in total. The molecule has 0 bridgehead atoms. The number of halogens is 1. The van der Waals surface area contributed by atoms with Crippen LogP contribution in [0.5, 0.6) is 5.75 Å². The molecule has 2 aromatic rings. The summed E-state index contributed by atoms with van der Waals surface area (Å²) in [5.41, 5.74) is 1.84. The zero-order valence-corrected chi connectivity index (χ0v) is 12.0. The van der Waals surface area contributed by atoms with Gasteiger partial charge in [0.25, 0.3) is 0 Å². The molecule has 108 valence electrons. The van der Waals surface area contributed by atoms with Crippen molar-refractivity contribution in [2.45, 2.75) is 12.7 Å². The fraction of sp³-hybridized carbons (Fsp3) is 0.357. The zero-order valence-electron chi connectivity index (χ0n) is 11.3. The number of aryl methyl sites for hydroxylation is 1. The first-order valence-electron chi connectivity index (χ1n) is 6.36. The highest BCUT2D eigenvalue weighted by atomic mass is 35.5.